The number of carbonyl (C=O) groups is 1. The summed E-state index contributed by atoms with van der Waals surface area (Å²) in [7, 11) is 0. The van der Waals surface area contributed by atoms with Gasteiger partial charge in [-0.25, -0.2) is 4.79 Å². The Labute approximate surface area is 94.5 Å². The summed E-state index contributed by atoms with van der Waals surface area (Å²) in [6.07, 6.45) is 0.916. The van der Waals surface area contributed by atoms with Crippen molar-refractivity contribution in [3.63, 3.8) is 0 Å². The molecule has 16 heavy (non-hydrogen) atoms. The number of rotatable bonds is 4. The molecule has 0 bridgehead atoms. The number of benzene rings is 1. The normalized spacial score (nSPS) is 12.1. The van der Waals surface area contributed by atoms with Crippen LogP contribution in [0.4, 0.5) is 0 Å². The third-order valence-corrected chi connectivity index (χ3v) is 2.40. The fraction of sp³-hybridized carbons (Fsp3) is 0.417. The van der Waals surface area contributed by atoms with Crippen molar-refractivity contribution in [3.05, 3.63) is 23.8 Å². The third-order valence-electron chi connectivity index (χ3n) is 2.40. The van der Waals surface area contributed by atoms with E-state index in [1.54, 1.807) is 0 Å². The number of hydrogen-bond acceptors (Lipinski definition) is 4. The van der Waals surface area contributed by atoms with Crippen LogP contribution >= 0.6 is 0 Å². The second-order valence-corrected chi connectivity index (χ2v) is 3.81. The zero-order valence-corrected chi connectivity index (χ0v) is 9.43. The number of hydrogen-bond donors (Lipinski definition) is 2. The lowest BCUT2D eigenvalue weighted by Crippen LogP contribution is -2.11. The minimum Gasteiger partial charge on any atom is -0.508 e. The minimum atomic E-state index is -0.617. The van der Waals surface area contributed by atoms with Crippen LogP contribution in [0, 0.1) is 5.92 Å². The van der Waals surface area contributed by atoms with Gasteiger partial charge in [-0.2, -0.15) is 0 Å². The van der Waals surface area contributed by atoms with Gasteiger partial charge in [0.1, 0.15) is 17.1 Å². The van der Waals surface area contributed by atoms with Crippen LogP contribution in [-0.4, -0.2) is 22.8 Å². The summed E-state index contributed by atoms with van der Waals surface area (Å²) < 4.78 is 5.01. The molecule has 0 amide bonds. The van der Waals surface area contributed by atoms with Gasteiger partial charge in [-0.3, -0.25) is 0 Å². The van der Waals surface area contributed by atoms with Crippen molar-refractivity contribution < 1.29 is 19.7 Å². The zero-order valence-electron chi connectivity index (χ0n) is 9.43. The summed E-state index contributed by atoms with van der Waals surface area (Å²) >= 11 is 0. The summed E-state index contributed by atoms with van der Waals surface area (Å²) in [6.45, 7) is 4.28. The van der Waals surface area contributed by atoms with E-state index in [1.807, 2.05) is 13.8 Å². The molecule has 1 unspecified atom stereocenters. The van der Waals surface area contributed by atoms with Gasteiger partial charge in [0.05, 0.1) is 6.61 Å². The van der Waals surface area contributed by atoms with Crippen molar-refractivity contribution in [3.8, 4) is 11.5 Å². The summed E-state index contributed by atoms with van der Waals surface area (Å²) in [5.74, 6) is -0.600. The number of phenolic OH excluding ortho intramolecular Hbond substituents is 2. The average molecular weight is 224 g/mol. The summed E-state index contributed by atoms with van der Waals surface area (Å²) in [5, 5.41) is 18.6. The van der Waals surface area contributed by atoms with Crippen molar-refractivity contribution in [1.29, 1.82) is 0 Å². The highest BCUT2D eigenvalue weighted by atomic mass is 16.5. The van der Waals surface area contributed by atoms with Gasteiger partial charge in [0, 0.05) is 0 Å². The fourth-order valence-corrected chi connectivity index (χ4v) is 1.10. The van der Waals surface area contributed by atoms with Crippen molar-refractivity contribution in [2.75, 3.05) is 6.61 Å². The molecule has 0 aliphatic carbocycles. The molecule has 4 heteroatoms. The molecule has 1 atom stereocenters. The summed E-state index contributed by atoms with van der Waals surface area (Å²) in [4.78, 5) is 11.5. The summed E-state index contributed by atoms with van der Waals surface area (Å²) in [6, 6.07) is 3.75. The maximum absolute atomic E-state index is 11.5. The molecule has 1 aromatic rings. The largest absolute Gasteiger partial charge is 0.508 e. The van der Waals surface area contributed by atoms with Crippen LogP contribution in [0.15, 0.2) is 18.2 Å². The Morgan fingerprint density at radius 1 is 1.44 bits per heavy atom. The van der Waals surface area contributed by atoms with Gasteiger partial charge in [-0.15, -0.1) is 0 Å². The van der Waals surface area contributed by atoms with Crippen molar-refractivity contribution >= 4 is 5.97 Å². The van der Waals surface area contributed by atoms with Crippen LogP contribution in [0.25, 0.3) is 0 Å². The maximum Gasteiger partial charge on any atom is 0.342 e. The smallest absolute Gasteiger partial charge is 0.342 e. The van der Waals surface area contributed by atoms with Crippen LogP contribution in [0.3, 0.4) is 0 Å². The molecule has 1 aromatic carbocycles. The monoisotopic (exact) mass is 224 g/mol. The van der Waals surface area contributed by atoms with E-state index in [2.05, 4.69) is 0 Å². The molecular weight excluding hydrogens is 208 g/mol. The Morgan fingerprint density at radius 3 is 2.75 bits per heavy atom. The molecule has 0 aromatic heterocycles. The van der Waals surface area contributed by atoms with E-state index >= 15 is 0 Å². The first-order chi connectivity index (χ1) is 7.54. The molecule has 4 nitrogen and oxygen atoms in total. The fourth-order valence-electron chi connectivity index (χ4n) is 1.10. The number of phenols is 2. The molecule has 0 spiro atoms. The van der Waals surface area contributed by atoms with Crippen LogP contribution in [-0.2, 0) is 4.74 Å². The lowest BCUT2D eigenvalue weighted by molar-refractivity contribution is 0.0443. The van der Waals surface area contributed by atoms with Crippen molar-refractivity contribution in [1.82, 2.24) is 0 Å². The first kappa shape index (κ1) is 12.4. The predicted molar refractivity (Wildman–Crippen MR) is 59.5 cm³/mol. The van der Waals surface area contributed by atoms with E-state index in [0.717, 1.165) is 6.42 Å². The molecule has 2 N–H and O–H groups in total. The molecule has 0 aliphatic rings. The van der Waals surface area contributed by atoms with Crippen molar-refractivity contribution in [2.45, 2.75) is 20.3 Å². The maximum atomic E-state index is 11.5. The van der Waals surface area contributed by atoms with Gasteiger partial charge in [0.25, 0.3) is 0 Å². The van der Waals surface area contributed by atoms with E-state index in [0.29, 0.717) is 6.61 Å². The Balaban J connectivity index is 2.69. The minimum absolute atomic E-state index is 0.0108. The van der Waals surface area contributed by atoms with E-state index in [4.69, 9.17) is 4.74 Å². The lowest BCUT2D eigenvalue weighted by Gasteiger charge is -2.10. The van der Waals surface area contributed by atoms with E-state index in [1.165, 1.54) is 18.2 Å². The van der Waals surface area contributed by atoms with E-state index in [-0.39, 0.29) is 23.0 Å². The third kappa shape index (κ3) is 3.15. The highest BCUT2D eigenvalue weighted by Gasteiger charge is 2.14. The summed E-state index contributed by atoms with van der Waals surface area (Å²) in [5.41, 5.74) is -0.0108. The van der Waals surface area contributed by atoms with Gasteiger partial charge >= 0.3 is 5.97 Å². The highest BCUT2D eigenvalue weighted by Crippen LogP contribution is 2.22. The zero-order chi connectivity index (χ0) is 12.1. The number of ether oxygens (including phenoxy) is 1. The van der Waals surface area contributed by atoms with Gasteiger partial charge in [-0.1, -0.05) is 20.3 Å². The van der Waals surface area contributed by atoms with Crippen molar-refractivity contribution in [2.24, 2.45) is 5.92 Å². The number of carbonyl (C=O) groups excluding carboxylic acids is 1. The molecule has 0 fully saturated rings. The first-order valence-corrected chi connectivity index (χ1v) is 5.23. The topological polar surface area (TPSA) is 66.8 Å². The Hall–Kier alpha value is -1.71. The van der Waals surface area contributed by atoms with Crippen LogP contribution in [0.2, 0.25) is 0 Å². The Kier molecular flexibility index (Phi) is 4.17. The molecule has 1 rings (SSSR count). The molecule has 0 saturated carbocycles. The SMILES string of the molecule is CCC(C)COC(=O)c1cc(O)ccc1O. The first-order valence-electron chi connectivity index (χ1n) is 5.23. The second kappa shape index (κ2) is 5.39. The van der Waals surface area contributed by atoms with Gasteiger partial charge in [0.2, 0.25) is 0 Å². The predicted octanol–water partition coefficient (Wildman–Crippen LogP) is 2.30. The molecule has 0 aliphatic heterocycles. The van der Waals surface area contributed by atoms with Gasteiger partial charge in [0.15, 0.2) is 0 Å². The number of esters is 1. The van der Waals surface area contributed by atoms with Gasteiger partial charge < -0.3 is 14.9 Å². The Bertz CT molecular complexity index is 373. The molecule has 0 heterocycles. The second-order valence-electron chi connectivity index (χ2n) is 3.81. The van der Waals surface area contributed by atoms with Crippen LogP contribution in [0.5, 0.6) is 11.5 Å². The van der Waals surface area contributed by atoms with E-state index in [9.17, 15) is 15.0 Å². The number of aromatic hydroxyl groups is 2. The molecule has 88 valence electrons. The highest BCUT2D eigenvalue weighted by molar-refractivity contribution is 5.92. The lowest BCUT2D eigenvalue weighted by atomic mass is 10.1. The van der Waals surface area contributed by atoms with Crippen LogP contribution < -0.4 is 0 Å². The van der Waals surface area contributed by atoms with E-state index < -0.39 is 5.97 Å². The average Bonchev–Trinajstić information content (AvgIpc) is 2.28. The quantitative estimate of drug-likeness (QED) is 0.608. The molecule has 0 saturated heterocycles. The standard InChI is InChI=1S/C12H16O4/c1-3-8(2)7-16-12(15)10-6-9(13)4-5-11(10)14/h4-6,8,13-14H,3,7H2,1-2H3. The van der Waals surface area contributed by atoms with Crippen LogP contribution in [0.1, 0.15) is 30.6 Å². The Morgan fingerprint density at radius 2 is 2.12 bits per heavy atom. The molecule has 0 radical (unpaired) electrons. The van der Waals surface area contributed by atoms with Gasteiger partial charge in [-0.05, 0) is 24.1 Å². The molecular formula is C12H16O4.